The molecule has 11 aromatic rings. The van der Waals surface area contributed by atoms with Crippen LogP contribution in [0.2, 0.25) is 0 Å². The van der Waals surface area contributed by atoms with Crippen molar-refractivity contribution in [2.24, 2.45) is 0 Å². The largest absolute Gasteiger partial charge is 0.313 e. The van der Waals surface area contributed by atoms with Crippen LogP contribution in [0, 0.1) is 0 Å². The zero-order valence-electron chi connectivity index (χ0n) is 44.2. The summed E-state index contributed by atoms with van der Waals surface area (Å²) in [6.07, 6.45) is 6.55. The molecule has 0 saturated heterocycles. The van der Waals surface area contributed by atoms with Gasteiger partial charge in [0.1, 0.15) is 0 Å². The molecule has 2 aromatic heterocycles. The van der Waals surface area contributed by atoms with Crippen LogP contribution in [-0.4, -0.2) is 9.13 Å². The van der Waals surface area contributed by atoms with Gasteiger partial charge in [-0.15, -0.1) is 0 Å². The summed E-state index contributed by atoms with van der Waals surface area (Å²) >= 11 is 0. The summed E-state index contributed by atoms with van der Waals surface area (Å²) in [5.74, 6) is 0. The van der Waals surface area contributed by atoms with Gasteiger partial charge in [-0.05, 0) is 196 Å². The van der Waals surface area contributed by atoms with Crippen molar-refractivity contribution in [2.45, 2.75) is 112 Å². The highest BCUT2D eigenvalue weighted by atomic mass is 15.0. The Hall–Kier alpha value is -7.16. The van der Waals surface area contributed by atoms with Crippen LogP contribution in [0.25, 0.3) is 104 Å². The van der Waals surface area contributed by atoms with Crippen molar-refractivity contribution in [2.75, 3.05) is 0 Å². The maximum atomic E-state index is 4.59. The lowest BCUT2D eigenvalue weighted by molar-refractivity contribution is 0.590. The van der Waals surface area contributed by atoms with Crippen LogP contribution in [0.3, 0.4) is 0 Å². The van der Waals surface area contributed by atoms with E-state index in [0.717, 1.165) is 11.1 Å². The Kier molecular flexibility index (Phi) is 10.5. The highest BCUT2D eigenvalue weighted by Crippen LogP contribution is 2.42. The van der Waals surface area contributed by atoms with E-state index in [2.05, 4.69) is 270 Å². The second kappa shape index (κ2) is 16.2. The average Bonchev–Trinajstić information content (AvgIpc) is 3.83. The molecule has 11 rings (SSSR count). The molecule has 0 atom stereocenters. The normalized spacial score (nSPS) is 13.5. The first kappa shape index (κ1) is 46.2. The molecular formula is C69H68N2. The summed E-state index contributed by atoms with van der Waals surface area (Å²) < 4.78 is 4.88. The fraction of sp³-hybridized carbons (Fsp3) is 0.246. The van der Waals surface area contributed by atoms with Gasteiger partial charge in [0.25, 0.3) is 0 Å². The molecule has 0 aliphatic heterocycles. The van der Waals surface area contributed by atoms with E-state index >= 15 is 0 Å². The number of allylic oxidation sites excluding steroid dienone is 5. The predicted molar refractivity (Wildman–Crippen MR) is 312 cm³/mol. The smallest absolute Gasteiger partial charge is 0.0541 e. The molecule has 0 N–H and O–H groups in total. The van der Waals surface area contributed by atoms with E-state index in [1.807, 2.05) is 0 Å². The molecule has 2 nitrogen and oxygen atoms in total. The predicted octanol–water partition coefficient (Wildman–Crippen LogP) is 19.8. The van der Waals surface area contributed by atoms with Crippen molar-refractivity contribution in [1.29, 1.82) is 0 Å². The summed E-state index contributed by atoms with van der Waals surface area (Å²) in [7, 11) is 0. The number of nitrogens with zero attached hydrogens (tertiary/aromatic N) is 2. The Labute approximate surface area is 421 Å². The van der Waals surface area contributed by atoms with E-state index in [9.17, 15) is 0 Å². The van der Waals surface area contributed by atoms with Gasteiger partial charge in [-0.25, -0.2) is 0 Å². The van der Waals surface area contributed by atoms with E-state index < -0.39 is 0 Å². The topological polar surface area (TPSA) is 9.86 Å². The number of rotatable bonds is 6. The van der Waals surface area contributed by atoms with Gasteiger partial charge in [0.2, 0.25) is 0 Å². The highest BCUT2D eigenvalue weighted by Gasteiger charge is 2.23. The number of aromatic nitrogens is 2. The van der Waals surface area contributed by atoms with Crippen LogP contribution in [0.5, 0.6) is 0 Å². The Bertz CT molecular complexity index is 3820. The summed E-state index contributed by atoms with van der Waals surface area (Å²) in [6, 6.07) is 55.9. The second-order valence-corrected chi connectivity index (χ2v) is 24.6. The van der Waals surface area contributed by atoms with Gasteiger partial charge in [-0.1, -0.05) is 162 Å². The minimum Gasteiger partial charge on any atom is -0.313 e. The Morgan fingerprint density at radius 3 is 1.24 bits per heavy atom. The highest BCUT2D eigenvalue weighted by molar-refractivity contribution is 6.24. The Morgan fingerprint density at radius 2 is 0.817 bits per heavy atom. The molecule has 0 unspecified atom stereocenters. The third kappa shape index (κ3) is 7.97. The fourth-order valence-electron chi connectivity index (χ4n) is 11.1. The third-order valence-corrected chi connectivity index (χ3v) is 15.3. The van der Waals surface area contributed by atoms with Gasteiger partial charge in [-0.2, -0.15) is 0 Å². The van der Waals surface area contributed by atoms with Crippen molar-refractivity contribution in [1.82, 2.24) is 9.13 Å². The van der Waals surface area contributed by atoms with E-state index in [0.29, 0.717) is 0 Å². The zero-order valence-corrected chi connectivity index (χ0v) is 44.2. The second-order valence-electron chi connectivity index (χ2n) is 24.6. The molecule has 2 heterocycles. The standard InChI is InChI=1S/C69H68N2/c1-42(17-15-18-43(2)70-60-29-25-51(66(3,4)5)38-56(60)57-39-52(67(6,7)8)26-30-61(57)70)49-33-45-21-23-47-35-50(36-48-24-22-46(34-49)64(45)65(47)48)44-19-16-20-55(37-44)71-62-31-27-53(68(9,10)11)40-58(62)59-41-54(69(12,13)14)28-32-63(59)71/h15-41H,1H2,2-14H3/b17-15-,43-18+. The van der Waals surface area contributed by atoms with E-state index in [1.165, 1.54) is 121 Å². The van der Waals surface area contributed by atoms with E-state index in [1.54, 1.807) is 0 Å². The van der Waals surface area contributed by atoms with E-state index in [-0.39, 0.29) is 21.7 Å². The van der Waals surface area contributed by atoms with Crippen molar-refractivity contribution < 1.29 is 0 Å². The monoisotopic (exact) mass is 925 g/mol. The molecule has 0 bridgehead atoms. The molecule has 0 radical (unpaired) electrons. The van der Waals surface area contributed by atoms with Gasteiger partial charge >= 0.3 is 0 Å². The summed E-state index contributed by atoms with van der Waals surface area (Å²) in [6.45, 7) is 34.4. The summed E-state index contributed by atoms with van der Waals surface area (Å²) in [5.41, 5.74) is 17.5. The van der Waals surface area contributed by atoms with Gasteiger partial charge in [0.15, 0.2) is 0 Å². The molecular weight excluding hydrogens is 857 g/mol. The lowest BCUT2D eigenvalue weighted by Crippen LogP contribution is -2.10. The van der Waals surface area contributed by atoms with Crippen LogP contribution in [0.15, 0.2) is 170 Å². The summed E-state index contributed by atoms with van der Waals surface area (Å²) in [5, 5.41) is 12.8. The number of hydrogen-bond donors (Lipinski definition) is 0. The van der Waals surface area contributed by atoms with Crippen LogP contribution >= 0.6 is 0 Å². The lowest BCUT2D eigenvalue weighted by atomic mass is 9.85. The number of benzene rings is 9. The zero-order chi connectivity index (χ0) is 50.1. The fourth-order valence-corrected chi connectivity index (χ4v) is 11.1. The van der Waals surface area contributed by atoms with Gasteiger partial charge in [0, 0.05) is 32.9 Å². The van der Waals surface area contributed by atoms with Crippen molar-refractivity contribution in [3.8, 4) is 16.8 Å². The molecule has 71 heavy (non-hydrogen) atoms. The molecule has 9 aromatic carbocycles. The maximum Gasteiger partial charge on any atom is 0.0541 e. The van der Waals surface area contributed by atoms with Gasteiger partial charge in [-0.3, -0.25) is 0 Å². The Balaban J connectivity index is 0.925. The van der Waals surface area contributed by atoms with Crippen molar-refractivity contribution in [3.63, 3.8) is 0 Å². The Morgan fingerprint density at radius 1 is 0.423 bits per heavy atom. The maximum absolute atomic E-state index is 4.59. The molecule has 0 spiro atoms. The first-order valence-electron chi connectivity index (χ1n) is 25.6. The quantitative estimate of drug-likeness (QED) is 0.116. The number of fused-ring (bicyclic) bond motifs is 6. The first-order valence-corrected chi connectivity index (χ1v) is 25.6. The molecule has 0 fully saturated rings. The minimum atomic E-state index is 0.0540. The summed E-state index contributed by atoms with van der Waals surface area (Å²) in [4.78, 5) is 0. The van der Waals surface area contributed by atoms with Crippen LogP contribution in [0.4, 0.5) is 0 Å². The first-order chi connectivity index (χ1) is 33.5. The molecule has 2 heteroatoms. The molecule has 354 valence electrons. The van der Waals surface area contributed by atoms with Gasteiger partial charge in [0.05, 0.1) is 22.1 Å². The lowest BCUT2D eigenvalue weighted by Gasteiger charge is -2.19. The third-order valence-electron chi connectivity index (χ3n) is 15.3. The minimum absolute atomic E-state index is 0.0540. The van der Waals surface area contributed by atoms with Crippen LogP contribution in [-0.2, 0) is 21.7 Å². The molecule has 0 aliphatic rings. The molecule has 0 saturated carbocycles. The molecule has 0 aliphatic carbocycles. The van der Waals surface area contributed by atoms with Crippen molar-refractivity contribution in [3.05, 3.63) is 198 Å². The van der Waals surface area contributed by atoms with Crippen molar-refractivity contribution >= 4 is 87.2 Å². The molecule has 0 amide bonds. The average molecular weight is 925 g/mol. The van der Waals surface area contributed by atoms with Gasteiger partial charge < -0.3 is 9.13 Å². The SMILES string of the molecule is C=C(/C=C\C=C(/C)n1c2ccc(C(C)(C)C)cc2c2cc(C(C)(C)C)ccc21)c1cc2ccc3cc(-c4cccc(-n5c6ccc(C(C)(C)C)cc6c6cc(C(C)(C)C)ccc65)c4)cc4ccc(c1)c2c34. The van der Waals surface area contributed by atoms with Crippen LogP contribution in [0.1, 0.15) is 118 Å². The van der Waals surface area contributed by atoms with Crippen LogP contribution < -0.4 is 0 Å². The van der Waals surface area contributed by atoms with E-state index in [4.69, 9.17) is 0 Å². The number of hydrogen-bond acceptors (Lipinski definition) is 0.